The van der Waals surface area contributed by atoms with Crippen LogP contribution in [0.25, 0.3) is 0 Å². The number of ether oxygens (including phenoxy) is 2. The van der Waals surface area contributed by atoms with Gasteiger partial charge in [-0.2, -0.15) is 0 Å². The van der Waals surface area contributed by atoms with Crippen molar-refractivity contribution in [3.8, 4) is 0 Å². The van der Waals surface area contributed by atoms with Crippen LogP contribution in [0, 0.1) is 0 Å². The first-order chi connectivity index (χ1) is 12.0. The number of unbranched alkanes of at least 4 members (excludes halogenated alkanes) is 1. The second-order valence-electron chi connectivity index (χ2n) is 9.18. The zero-order valence-corrected chi connectivity index (χ0v) is 19.3. The Hall–Kier alpha value is -0.233. The largest absolute Gasteiger partial charge is 0.416 e. The van der Waals surface area contributed by atoms with E-state index in [-0.39, 0.29) is 12.2 Å². The van der Waals surface area contributed by atoms with Crippen LogP contribution >= 0.6 is 0 Å². The Labute approximate surface area is 162 Å². The van der Waals surface area contributed by atoms with E-state index in [4.69, 9.17) is 13.9 Å². The van der Waals surface area contributed by atoms with E-state index in [0.717, 1.165) is 38.6 Å². The summed E-state index contributed by atoms with van der Waals surface area (Å²) >= 11 is 0. The third kappa shape index (κ3) is 6.43. The molecule has 5 heteroatoms. The highest BCUT2D eigenvalue weighted by atomic mass is 28.4. The summed E-state index contributed by atoms with van der Waals surface area (Å²) in [5, 5.41) is 0. The predicted octanol–water partition coefficient (Wildman–Crippen LogP) is 5.85. The summed E-state index contributed by atoms with van der Waals surface area (Å²) in [4.78, 5) is 10.8. The molecule has 0 amide bonds. The molecule has 0 aromatic rings. The molecular weight excluding hydrogens is 344 g/mol. The van der Waals surface area contributed by atoms with Crippen molar-refractivity contribution in [1.29, 1.82) is 0 Å². The number of hydrogen-bond donors (Lipinski definition) is 0. The fourth-order valence-corrected chi connectivity index (χ4v) is 10.4. The van der Waals surface area contributed by atoms with Gasteiger partial charge in [0.1, 0.15) is 6.29 Å². The number of rotatable bonds is 11. The van der Waals surface area contributed by atoms with E-state index in [9.17, 15) is 4.79 Å². The molecule has 0 aliphatic carbocycles. The summed E-state index contributed by atoms with van der Waals surface area (Å²) in [7, 11) is -1.75. The van der Waals surface area contributed by atoms with Crippen LogP contribution in [0.2, 0.25) is 16.6 Å². The summed E-state index contributed by atoms with van der Waals surface area (Å²) in [6.07, 6.45) is 5.54. The van der Waals surface area contributed by atoms with Crippen molar-refractivity contribution < 1.29 is 18.7 Å². The van der Waals surface area contributed by atoms with Gasteiger partial charge >= 0.3 is 0 Å². The number of carbonyl (C=O) groups excluding carboxylic acids is 1. The van der Waals surface area contributed by atoms with Crippen molar-refractivity contribution in [2.24, 2.45) is 0 Å². The number of carbonyl (C=O) groups is 1. The van der Waals surface area contributed by atoms with Gasteiger partial charge in [-0.25, -0.2) is 0 Å². The lowest BCUT2D eigenvalue weighted by molar-refractivity contribution is -0.299. The van der Waals surface area contributed by atoms with Crippen molar-refractivity contribution in [3.05, 3.63) is 0 Å². The molecule has 0 bridgehead atoms. The molecule has 0 unspecified atom stereocenters. The maximum absolute atomic E-state index is 10.8. The molecule has 1 fully saturated rings. The van der Waals surface area contributed by atoms with Crippen LogP contribution in [-0.2, 0) is 18.7 Å². The summed E-state index contributed by atoms with van der Waals surface area (Å²) in [6.45, 7) is 18.7. The van der Waals surface area contributed by atoms with Crippen molar-refractivity contribution in [2.45, 2.75) is 122 Å². The van der Waals surface area contributed by atoms with Gasteiger partial charge in [-0.3, -0.25) is 0 Å². The van der Waals surface area contributed by atoms with E-state index < -0.39 is 14.1 Å². The van der Waals surface area contributed by atoms with E-state index in [1.54, 1.807) is 0 Å². The molecule has 26 heavy (non-hydrogen) atoms. The molecule has 1 aliphatic rings. The van der Waals surface area contributed by atoms with E-state index in [1.165, 1.54) is 0 Å². The Morgan fingerprint density at radius 1 is 1.00 bits per heavy atom. The molecule has 154 valence electrons. The molecule has 0 spiro atoms. The maximum atomic E-state index is 10.8. The van der Waals surface area contributed by atoms with Gasteiger partial charge < -0.3 is 18.7 Å². The van der Waals surface area contributed by atoms with Crippen molar-refractivity contribution in [1.82, 2.24) is 0 Å². The fraction of sp³-hybridized carbons (Fsp3) is 0.952. The van der Waals surface area contributed by atoms with Gasteiger partial charge in [0.2, 0.25) is 0 Å². The van der Waals surface area contributed by atoms with Crippen LogP contribution in [0.3, 0.4) is 0 Å². The number of aldehydes is 1. The first-order valence-corrected chi connectivity index (χ1v) is 12.6. The highest BCUT2D eigenvalue weighted by Gasteiger charge is 2.44. The summed E-state index contributed by atoms with van der Waals surface area (Å²) in [5.41, 5.74) is 1.89. The zero-order chi connectivity index (χ0) is 20.0. The van der Waals surface area contributed by atoms with Gasteiger partial charge in [-0.1, -0.05) is 41.5 Å². The first-order valence-electron chi connectivity index (χ1n) is 10.5. The van der Waals surface area contributed by atoms with Crippen LogP contribution in [-0.4, -0.2) is 39.2 Å². The molecule has 1 heterocycles. The molecule has 0 aromatic carbocycles. The molecule has 1 aliphatic heterocycles. The Morgan fingerprint density at radius 2 is 1.54 bits per heavy atom. The molecule has 4 nitrogen and oxygen atoms in total. The van der Waals surface area contributed by atoms with Gasteiger partial charge in [0.05, 0.1) is 12.2 Å². The Bertz CT molecular complexity index is 398. The lowest BCUT2D eigenvalue weighted by atomic mass is 10.0. The summed E-state index contributed by atoms with van der Waals surface area (Å²) < 4.78 is 18.5. The molecule has 0 saturated carbocycles. The smallest absolute Gasteiger partial charge is 0.200 e. The minimum absolute atomic E-state index is 0.0135. The van der Waals surface area contributed by atoms with E-state index in [2.05, 4.69) is 41.5 Å². The molecule has 0 radical (unpaired) electrons. The van der Waals surface area contributed by atoms with Crippen molar-refractivity contribution in [3.63, 3.8) is 0 Å². The third-order valence-corrected chi connectivity index (χ3v) is 11.9. The van der Waals surface area contributed by atoms with Gasteiger partial charge in [-0.15, -0.1) is 0 Å². The molecule has 0 N–H and O–H groups in total. The Balaban J connectivity index is 2.46. The second-order valence-corrected chi connectivity index (χ2v) is 14.6. The minimum Gasteiger partial charge on any atom is -0.416 e. The Morgan fingerprint density at radius 3 is 2.04 bits per heavy atom. The molecule has 1 rings (SSSR count). The predicted molar refractivity (Wildman–Crippen MR) is 110 cm³/mol. The second kappa shape index (κ2) is 10.3. The Kier molecular flexibility index (Phi) is 9.48. The monoisotopic (exact) mass is 386 g/mol. The third-order valence-electron chi connectivity index (χ3n) is 5.77. The van der Waals surface area contributed by atoms with E-state index in [0.29, 0.717) is 23.0 Å². The zero-order valence-electron chi connectivity index (χ0n) is 18.3. The molecular formula is C21H42O4Si. The van der Waals surface area contributed by atoms with Crippen LogP contribution in [0.4, 0.5) is 0 Å². The average Bonchev–Trinajstić information content (AvgIpc) is 2.48. The molecule has 0 aromatic heterocycles. The van der Waals surface area contributed by atoms with Crippen LogP contribution in [0.15, 0.2) is 0 Å². The highest BCUT2D eigenvalue weighted by Crippen LogP contribution is 2.42. The number of hydrogen-bond acceptors (Lipinski definition) is 4. The van der Waals surface area contributed by atoms with E-state index in [1.807, 2.05) is 13.8 Å². The van der Waals surface area contributed by atoms with Crippen molar-refractivity contribution >= 4 is 14.6 Å². The maximum Gasteiger partial charge on any atom is 0.200 e. The highest BCUT2D eigenvalue weighted by molar-refractivity contribution is 6.77. The standard InChI is InChI=1S/C21H42O4Si/c1-16(2)26(17(3)4,18(5)6)23-14-10-9-11-19-15-20(12-13-22)25-21(7,8)24-19/h13,16-20H,9-12,14-15H2,1-8H3/t19-,20+/m1/s1. The lowest BCUT2D eigenvalue weighted by Crippen LogP contribution is -2.48. The van der Waals surface area contributed by atoms with Gasteiger partial charge in [-0.05, 0) is 49.7 Å². The van der Waals surface area contributed by atoms with Crippen LogP contribution in [0.1, 0.15) is 87.5 Å². The lowest BCUT2D eigenvalue weighted by Gasteiger charge is -2.42. The molecule has 2 atom stereocenters. The van der Waals surface area contributed by atoms with Crippen molar-refractivity contribution in [2.75, 3.05) is 6.61 Å². The average molecular weight is 387 g/mol. The summed E-state index contributed by atoms with van der Waals surface area (Å²) in [6, 6.07) is 0. The SMILES string of the molecule is CC(C)[Si](OCCCC[C@@H]1C[C@H](CC=O)OC(C)(C)O1)(C(C)C)C(C)C. The first kappa shape index (κ1) is 23.8. The van der Waals surface area contributed by atoms with Crippen LogP contribution < -0.4 is 0 Å². The van der Waals surface area contributed by atoms with Gasteiger partial charge in [0.15, 0.2) is 14.1 Å². The minimum atomic E-state index is -1.75. The normalized spacial score (nSPS) is 23.8. The quantitative estimate of drug-likeness (QED) is 0.254. The fourth-order valence-electron chi connectivity index (χ4n) is 4.87. The van der Waals surface area contributed by atoms with Gasteiger partial charge in [0.25, 0.3) is 0 Å². The molecule has 1 saturated heterocycles. The van der Waals surface area contributed by atoms with Crippen LogP contribution in [0.5, 0.6) is 0 Å². The summed E-state index contributed by atoms with van der Waals surface area (Å²) in [5.74, 6) is -0.595. The topological polar surface area (TPSA) is 44.8 Å². The van der Waals surface area contributed by atoms with E-state index >= 15 is 0 Å². The van der Waals surface area contributed by atoms with Gasteiger partial charge in [0, 0.05) is 19.4 Å².